The van der Waals surface area contributed by atoms with E-state index in [1.165, 1.54) is 4.90 Å². The second-order valence-electron chi connectivity index (χ2n) is 2.78. The highest BCUT2D eigenvalue weighted by atomic mass is 16.4. The molecule has 0 fully saturated rings. The monoisotopic (exact) mass is 185 g/mol. The lowest BCUT2D eigenvalue weighted by atomic mass is 10.3. The minimum atomic E-state index is -1.10. The number of aliphatic carboxylic acids is 1. The lowest BCUT2D eigenvalue weighted by Crippen LogP contribution is -2.25. The topological polar surface area (TPSA) is 57.6 Å². The lowest BCUT2D eigenvalue weighted by Gasteiger charge is -2.13. The van der Waals surface area contributed by atoms with Crippen LogP contribution in [0, 0.1) is 0 Å². The predicted molar refractivity (Wildman–Crippen MR) is 49.3 cm³/mol. The zero-order valence-electron chi connectivity index (χ0n) is 7.99. The number of unbranched alkanes of at least 4 members (excludes halogenated alkanes) is 1. The average Bonchev–Trinajstić information content (AvgIpc) is 2.10. The number of nitrogens with zero attached hydrogens (tertiary/aromatic N) is 1. The second kappa shape index (κ2) is 6.22. The summed E-state index contributed by atoms with van der Waals surface area (Å²) < 4.78 is 0. The maximum Gasteiger partial charge on any atom is 0.328 e. The van der Waals surface area contributed by atoms with Crippen LogP contribution in [-0.4, -0.2) is 35.5 Å². The molecule has 74 valence electrons. The largest absolute Gasteiger partial charge is 0.478 e. The number of hydrogen-bond acceptors (Lipinski definition) is 2. The Morgan fingerprint density at radius 2 is 2.00 bits per heavy atom. The van der Waals surface area contributed by atoms with Crippen molar-refractivity contribution in [3.8, 4) is 0 Å². The maximum absolute atomic E-state index is 11.1. The molecule has 1 N–H and O–H groups in total. The Balaban J connectivity index is 3.89. The molecule has 0 saturated carbocycles. The van der Waals surface area contributed by atoms with Crippen LogP contribution in [0.15, 0.2) is 12.2 Å². The van der Waals surface area contributed by atoms with Crippen LogP contribution in [0.3, 0.4) is 0 Å². The third-order valence-electron chi connectivity index (χ3n) is 1.59. The molecular formula is C9H15NO3. The molecule has 0 heterocycles. The van der Waals surface area contributed by atoms with Crippen molar-refractivity contribution < 1.29 is 14.7 Å². The first-order valence-electron chi connectivity index (χ1n) is 4.24. The Morgan fingerprint density at radius 3 is 2.46 bits per heavy atom. The van der Waals surface area contributed by atoms with Gasteiger partial charge >= 0.3 is 5.97 Å². The summed E-state index contributed by atoms with van der Waals surface area (Å²) in [5.41, 5.74) is 0. The van der Waals surface area contributed by atoms with Gasteiger partial charge in [-0.25, -0.2) is 4.79 Å². The van der Waals surface area contributed by atoms with Crippen molar-refractivity contribution in [2.24, 2.45) is 0 Å². The van der Waals surface area contributed by atoms with E-state index in [-0.39, 0.29) is 5.91 Å². The van der Waals surface area contributed by atoms with E-state index in [0.29, 0.717) is 6.54 Å². The summed E-state index contributed by atoms with van der Waals surface area (Å²) in [6, 6.07) is 0. The molecule has 4 nitrogen and oxygen atoms in total. The van der Waals surface area contributed by atoms with E-state index in [9.17, 15) is 9.59 Å². The SMILES string of the molecule is CCCCN(C)C(=O)C=CC(=O)O. The van der Waals surface area contributed by atoms with Gasteiger partial charge < -0.3 is 10.0 Å². The highest BCUT2D eigenvalue weighted by Gasteiger charge is 2.03. The van der Waals surface area contributed by atoms with E-state index in [1.807, 2.05) is 6.92 Å². The normalized spacial score (nSPS) is 10.3. The molecule has 0 spiro atoms. The molecule has 0 aromatic carbocycles. The number of carboxylic acids is 1. The summed E-state index contributed by atoms with van der Waals surface area (Å²) in [7, 11) is 1.66. The maximum atomic E-state index is 11.1. The van der Waals surface area contributed by atoms with Crippen molar-refractivity contribution in [2.75, 3.05) is 13.6 Å². The lowest BCUT2D eigenvalue weighted by molar-refractivity contribution is -0.132. The van der Waals surface area contributed by atoms with E-state index in [4.69, 9.17) is 5.11 Å². The van der Waals surface area contributed by atoms with Crippen molar-refractivity contribution in [2.45, 2.75) is 19.8 Å². The third-order valence-corrected chi connectivity index (χ3v) is 1.59. The Kier molecular flexibility index (Phi) is 5.59. The van der Waals surface area contributed by atoms with Crippen LogP contribution in [0.1, 0.15) is 19.8 Å². The van der Waals surface area contributed by atoms with Gasteiger partial charge in [-0.15, -0.1) is 0 Å². The molecule has 0 bridgehead atoms. The van der Waals surface area contributed by atoms with Gasteiger partial charge in [-0.3, -0.25) is 4.79 Å². The Bertz CT molecular complexity index is 211. The highest BCUT2D eigenvalue weighted by molar-refractivity contribution is 5.93. The third kappa shape index (κ3) is 5.90. The predicted octanol–water partition coefficient (Wildman–Crippen LogP) is 0.886. The zero-order valence-corrected chi connectivity index (χ0v) is 7.99. The summed E-state index contributed by atoms with van der Waals surface area (Å²) in [6.07, 6.45) is 3.87. The van der Waals surface area contributed by atoms with Gasteiger partial charge in [0.25, 0.3) is 0 Å². The molecule has 0 aliphatic heterocycles. The standard InChI is InChI=1S/C9H15NO3/c1-3-4-7-10(2)8(11)5-6-9(12)13/h5-6H,3-4,7H2,1-2H3,(H,12,13). The zero-order chi connectivity index (χ0) is 10.3. The van der Waals surface area contributed by atoms with Gasteiger partial charge in [0.2, 0.25) is 5.91 Å². The first kappa shape index (κ1) is 11.7. The first-order valence-corrected chi connectivity index (χ1v) is 4.24. The minimum Gasteiger partial charge on any atom is -0.478 e. The van der Waals surface area contributed by atoms with Crippen LogP contribution in [-0.2, 0) is 9.59 Å². The number of hydrogen-bond donors (Lipinski definition) is 1. The van der Waals surface area contributed by atoms with Crippen molar-refractivity contribution in [1.29, 1.82) is 0 Å². The molecule has 0 aliphatic carbocycles. The molecule has 13 heavy (non-hydrogen) atoms. The van der Waals surface area contributed by atoms with Crippen molar-refractivity contribution in [3.05, 3.63) is 12.2 Å². The Labute approximate surface area is 77.8 Å². The number of carbonyl (C=O) groups excluding carboxylic acids is 1. The molecule has 0 rings (SSSR count). The molecule has 0 radical (unpaired) electrons. The van der Waals surface area contributed by atoms with Gasteiger partial charge in [0.15, 0.2) is 0 Å². The first-order chi connectivity index (χ1) is 6.07. The summed E-state index contributed by atoms with van der Waals surface area (Å²) in [5, 5.41) is 8.26. The molecule has 1 amide bonds. The van der Waals surface area contributed by atoms with Crippen LogP contribution in [0.5, 0.6) is 0 Å². The van der Waals surface area contributed by atoms with Gasteiger partial charge in [-0.05, 0) is 6.42 Å². The average molecular weight is 185 g/mol. The van der Waals surface area contributed by atoms with Crippen LogP contribution >= 0.6 is 0 Å². The van der Waals surface area contributed by atoms with Gasteiger partial charge in [0.1, 0.15) is 0 Å². The fourth-order valence-electron chi connectivity index (χ4n) is 0.775. The molecule has 0 aromatic heterocycles. The van der Waals surface area contributed by atoms with Crippen LogP contribution < -0.4 is 0 Å². The molecule has 4 heteroatoms. The fraction of sp³-hybridized carbons (Fsp3) is 0.556. The molecular weight excluding hydrogens is 170 g/mol. The highest BCUT2D eigenvalue weighted by Crippen LogP contribution is 1.93. The van der Waals surface area contributed by atoms with Crippen LogP contribution in [0.4, 0.5) is 0 Å². The minimum absolute atomic E-state index is 0.268. The number of amides is 1. The van der Waals surface area contributed by atoms with E-state index < -0.39 is 5.97 Å². The fourth-order valence-corrected chi connectivity index (χ4v) is 0.775. The molecule has 0 saturated heterocycles. The van der Waals surface area contributed by atoms with Crippen molar-refractivity contribution >= 4 is 11.9 Å². The Morgan fingerprint density at radius 1 is 1.38 bits per heavy atom. The van der Waals surface area contributed by atoms with Crippen molar-refractivity contribution in [3.63, 3.8) is 0 Å². The second-order valence-corrected chi connectivity index (χ2v) is 2.78. The number of likely N-dealkylation sites (N-methyl/N-ethyl adjacent to an activating group) is 1. The quantitative estimate of drug-likeness (QED) is 0.647. The smallest absolute Gasteiger partial charge is 0.328 e. The van der Waals surface area contributed by atoms with Crippen LogP contribution in [0.2, 0.25) is 0 Å². The van der Waals surface area contributed by atoms with E-state index >= 15 is 0 Å². The van der Waals surface area contributed by atoms with Gasteiger partial charge in [0.05, 0.1) is 0 Å². The summed E-state index contributed by atoms with van der Waals surface area (Å²) in [6.45, 7) is 2.70. The summed E-state index contributed by atoms with van der Waals surface area (Å²) in [5.74, 6) is -1.37. The van der Waals surface area contributed by atoms with E-state index in [0.717, 1.165) is 25.0 Å². The van der Waals surface area contributed by atoms with Crippen molar-refractivity contribution in [1.82, 2.24) is 4.90 Å². The molecule has 0 aromatic rings. The molecule has 0 unspecified atom stereocenters. The van der Waals surface area contributed by atoms with E-state index in [2.05, 4.69) is 0 Å². The summed E-state index contributed by atoms with van der Waals surface area (Å²) in [4.78, 5) is 22.7. The number of carboxylic acid groups (broad SMARTS) is 1. The van der Waals surface area contributed by atoms with E-state index in [1.54, 1.807) is 7.05 Å². The van der Waals surface area contributed by atoms with Gasteiger partial charge in [-0.1, -0.05) is 13.3 Å². The van der Waals surface area contributed by atoms with Gasteiger partial charge in [0, 0.05) is 25.7 Å². The molecule has 0 atom stereocenters. The van der Waals surface area contributed by atoms with Gasteiger partial charge in [-0.2, -0.15) is 0 Å². The Hall–Kier alpha value is -1.32. The number of carbonyl (C=O) groups is 2. The summed E-state index contributed by atoms with van der Waals surface area (Å²) >= 11 is 0. The molecule has 0 aliphatic rings. The number of rotatable bonds is 5. The van der Waals surface area contributed by atoms with Crippen LogP contribution in [0.25, 0.3) is 0 Å².